The van der Waals surface area contributed by atoms with Gasteiger partial charge in [0.25, 0.3) is 0 Å². The topological polar surface area (TPSA) is 15.3 Å². The molecule has 3 unspecified atom stereocenters. The Morgan fingerprint density at radius 3 is 2.58 bits per heavy atom. The first-order valence-electron chi connectivity index (χ1n) is 7.72. The molecule has 3 atom stereocenters. The molecule has 1 N–H and O–H groups in total. The summed E-state index contributed by atoms with van der Waals surface area (Å²) in [6.07, 6.45) is 4.10. The largest absolute Gasteiger partial charge is 0.306 e. The number of hydrogen-bond acceptors (Lipinski definition) is 2. The summed E-state index contributed by atoms with van der Waals surface area (Å²) in [6.45, 7) is 9.31. The van der Waals surface area contributed by atoms with Crippen LogP contribution in [0.4, 0.5) is 0 Å². The summed E-state index contributed by atoms with van der Waals surface area (Å²) >= 11 is 0. The summed E-state index contributed by atoms with van der Waals surface area (Å²) in [5, 5.41) is 3.88. The molecule has 2 heteroatoms. The van der Waals surface area contributed by atoms with Gasteiger partial charge in [0, 0.05) is 24.7 Å². The second-order valence-electron chi connectivity index (χ2n) is 6.45. The number of aryl methyl sites for hydroxylation is 2. The predicted molar refractivity (Wildman–Crippen MR) is 80.5 cm³/mol. The first kappa shape index (κ1) is 13.1. The van der Waals surface area contributed by atoms with Gasteiger partial charge in [0.1, 0.15) is 0 Å². The fourth-order valence-corrected chi connectivity index (χ4v) is 3.95. The Kier molecular flexibility index (Phi) is 3.64. The lowest BCUT2D eigenvalue weighted by Crippen LogP contribution is -2.40. The molecule has 0 saturated carbocycles. The standard InChI is InChI=1S/C17H26N2/c1-12-9-13(2)11-15(10-12)14(3)18-16-6-8-19-7-4-5-17(16)19/h9-11,14,16-18H,4-8H2,1-3H3. The van der Waals surface area contributed by atoms with E-state index in [2.05, 4.69) is 49.2 Å². The van der Waals surface area contributed by atoms with Crippen LogP contribution < -0.4 is 5.32 Å². The zero-order valence-corrected chi connectivity index (χ0v) is 12.4. The molecule has 3 rings (SSSR count). The van der Waals surface area contributed by atoms with E-state index < -0.39 is 0 Å². The fourth-order valence-electron chi connectivity index (χ4n) is 3.95. The van der Waals surface area contributed by atoms with Crippen molar-refractivity contribution in [1.82, 2.24) is 10.2 Å². The summed E-state index contributed by atoms with van der Waals surface area (Å²) in [6, 6.07) is 8.86. The van der Waals surface area contributed by atoms with Crippen LogP contribution in [-0.2, 0) is 0 Å². The molecule has 0 amide bonds. The van der Waals surface area contributed by atoms with E-state index in [4.69, 9.17) is 0 Å². The van der Waals surface area contributed by atoms with Gasteiger partial charge in [-0.3, -0.25) is 4.90 Å². The summed E-state index contributed by atoms with van der Waals surface area (Å²) in [5.41, 5.74) is 4.18. The van der Waals surface area contributed by atoms with E-state index >= 15 is 0 Å². The molecule has 1 aromatic carbocycles. The van der Waals surface area contributed by atoms with E-state index in [1.54, 1.807) is 0 Å². The minimum Gasteiger partial charge on any atom is -0.306 e. The van der Waals surface area contributed by atoms with Crippen molar-refractivity contribution in [3.05, 3.63) is 34.9 Å². The highest BCUT2D eigenvalue weighted by Crippen LogP contribution is 2.29. The zero-order chi connectivity index (χ0) is 13.4. The first-order valence-corrected chi connectivity index (χ1v) is 7.72. The van der Waals surface area contributed by atoms with Crippen molar-refractivity contribution in [2.45, 2.75) is 58.2 Å². The molecule has 0 aliphatic carbocycles. The SMILES string of the molecule is Cc1cc(C)cc(C(C)NC2CCN3CCCC23)c1. The van der Waals surface area contributed by atoms with Crippen LogP contribution in [0.1, 0.15) is 48.9 Å². The molecule has 0 spiro atoms. The van der Waals surface area contributed by atoms with E-state index in [1.807, 2.05) is 0 Å². The minimum atomic E-state index is 0.462. The van der Waals surface area contributed by atoms with Crippen LogP contribution in [0.2, 0.25) is 0 Å². The Labute approximate surface area is 117 Å². The van der Waals surface area contributed by atoms with Crippen LogP contribution in [0.5, 0.6) is 0 Å². The Morgan fingerprint density at radius 2 is 1.84 bits per heavy atom. The fraction of sp³-hybridized carbons (Fsp3) is 0.647. The lowest BCUT2D eigenvalue weighted by molar-refractivity contribution is 0.291. The average molecular weight is 258 g/mol. The van der Waals surface area contributed by atoms with Crippen molar-refractivity contribution in [3.63, 3.8) is 0 Å². The van der Waals surface area contributed by atoms with E-state index in [0.29, 0.717) is 12.1 Å². The van der Waals surface area contributed by atoms with Gasteiger partial charge in [-0.25, -0.2) is 0 Å². The molecule has 19 heavy (non-hydrogen) atoms. The quantitative estimate of drug-likeness (QED) is 0.895. The molecule has 2 fully saturated rings. The van der Waals surface area contributed by atoms with Crippen LogP contribution in [-0.4, -0.2) is 30.1 Å². The number of fused-ring (bicyclic) bond motifs is 1. The van der Waals surface area contributed by atoms with Gasteiger partial charge in [0.2, 0.25) is 0 Å². The van der Waals surface area contributed by atoms with Gasteiger partial charge < -0.3 is 5.32 Å². The van der Waals surface area contributed by atoms with Gasteiger partial charge in [-0.1, -0.05) is 29.3 Å². The van der Waals surface area contributed by atoms with Crippen molar-refractivity contribution in [1.29, 1.82) is 0 Å². The van der Waals surface area contributed by atoms with Gasteiger partial charge in [0.15, 0.2) is 0 Å². The van der Waals surface area contributed by atoms with Crippen LogP contribution in [0.15, 0.2) is 18.2 Å². The van der Waals surface area contributed by atoms with Crippen LogP contribution >= 0.6 is 0 Å². The molecule has 0 bridgehead atoms. The molecule has 104 valence electrons. The smallest absolute Gasteiger partial charge is 0.0295 e. The van der Waals surface area contributed by atoms with E-state index in [-0.39, 0.29) is 0 Å². The van der Waals surface area contributed by atoms with Crippen LogP contribution in [0.25, 0.3) is 0 Å². The highest BCUT2D eigenvalue weighted by atomic mass is 15.2. The molecule has 2 aliphatic rings. The Morgan fingerprint density at radius 1 is 1.11 bits per heavy atom. The van der Waals surface area contributed by atoms with Crippen LogP contribution in [0.3, 0.4) is 0 Å². The lowest BCUT2D eigenvalue weighted by Gasteiger charge is -2.25. The minimum absolute atomic E-state index is 0.462. The Bertz CT molecular complexity index is 434. The number of rotatable bonds is 3. The third-order valence-corrected chi connectivity index (χ3v) is 4.81. The molecule has 2 aliphatic heterocycles. The normalized spacial score (nSPS) is 28.6. The zero-order valence-electron chi connectivity index (χ0n) is 12.4. The van der Waals surface area contributed by atoms with Gasteiger partial charge >= 0.3 is 0 Å². The Balaban J connectivity index is 1.69. The number of nitrogens with one attached hydrogen (secondary N) is 1. The highest BCUT2D eigenvalue weighted by molar-refractivity contribution is 5.30. The third kappa shape index (κ3) is 2.70. The Hall–Kier alpha value is -0.860. The molecular weight excluding hydrogens is 232 g/mol. The van der Waals surface area contributed by atoms with Crippen molar-refractivity contribution in [2.75, 3.05) is 13.1 Å². The molecule has 2 saturated heterocycles. The first-order chi connectivity index (χ1) is 9.13. The second kappa shape index (κ2) is 5.26. The van der Waals surface area contributed by atoms with Crippen molar-refractivity contribution >= 4 is 0 Å². The molecule has 1 aromatic rings. The maximum atomic E-state index is 3.88. The number of benzene rings is 1. The number of nitrogens with zero attached hydrogens (tertiary/aromatic N) is 1. The van der Waals surface area contributed by atoms with Gasteiger partial charge in [0.05, 0.1) is 0 Å². The molecule has 2 nitrogen and oxygen atoms in total. The van der Waals surface area contributed by atoms with Gasteiger partial charge in [-0.15, -0.1) is 0 Å². The van der Waals surface area contributed by atoms with Gasteiger partial charge in [-0.05, 0) is 52.1 Å². The lowest BCUT2D eigenvalue weighted by atomic mass is 10.00. The van der Waals surface area contributed by atoms with Crippen molar-refractivity contribution in [3.8, 4) is 0 Å². The number of hydrogen-bond donors (Lipinski definition) is 1. The summed E-state index contributed by atoms with van der Waals surface area (Å²) in [5.74, 6) is 0. The molecule has 0 radical (unpaired) electrons. The maximum absolute atomic E-state index is 3.88. The molecule has 0 aromatic heterocycles. The highest BCUT2D eigenvalue weighted by Gasteiger charge is 2.37. The van der Waals surface area contributed by atoms with E-state index in [1.165, 1.54) is 49.0 Å². The predicted octanol–water partition coefficient (Wildman–Crippen LogP) is 3.19. The molecular formula is C17H26N2. The van der Waals surface area contributed by atoms with Crippen molar-refractivity contribution in [2.24, 2.45) is 0 Å². The maximum Gasteiger partial charge on any atom is 0.0295 e. The third-order valence-electron chi connectivity index (χ3n) is 4.81. The monoisotopic (exact) mass is 258 g/mol. The second-order valence-corrected chi connectivity index (χ2v) is 6.45. The van der Waals surface area contributed by atoms with Gasteiger partial charge in [-0.2, -0.15) is 0 Å². The van der Waals surface area contributed by atoms with Crippen molar-refractivity contribution < 1.29 is 0 Å². The molecule has 2 heterocycles. The summed E-state index contributed by atoms with van der Waals surface area (Å²) < 4.78 is 0. The average Bonchev–Trinajstić information content (AvgIpc) is 2.92. The van der Waals surface area contributed by atoms with Crippen LogP contribution in [0, 0.1) is 13.8 Å². The summed E-state index contributed by atoms with van der Waals surface area (Å²) in [7, 11) is 0. The van der Waals surface area contributed by atoms with E-state index in [0.717, 1.165) is 6.04 Å². The van der Waals surface area contributed by atoms with E-state index in [9.17, 15) is 0 Å². The summed E-state index contributed by atoms with van der Waals surface area (Å²) in [4.78, 5) is 2.67.